The summed E-state index contributed by atoms with van der Waals surface area (Å²) in [5, 5.41) is 12.2. The van der Waals surface area contributed by atoms with Gasteiger partial charge in [0.2, 0.25) is 0 Å². The van der Waals surface area contributed by atoms with Gasteiger partial charge in [0.1, 0.15) is 23.5 Å². The summed E-state index contributed by atoms with van der Waals surface area (Å²) in [7, 11) is 0. The second-order valence-electron chi connectivity index (χ2n) is 4.70. The first-order chi connectivity index (χ1) is 9.80. The Bertz CT molecular complexity index is 672. The van der Waals surface area contributed by atoms with Crippen LogP contribution in [0.15, 0.2) is 30.3 Å². The van der Waals surface area contributed by atoms with E-state index < -0.39 is 0 Å². The van der Waals surface area contributed by atoms with Crippen molar-refractivity contribution in [3.63, 3.8) is 0 Å². The van der Waals surface area contributed by atoms with Crippen molar-refractivity contribution in [2.24, 2.45) is 5.84 Å². The fourth-order valence-electron chi connectivity index (χ4n) is 1.96. The third-order valence-electron chi connectivity index (χ3n) is 3.14. The molecule has 1 aliphatic carbocycles. The summed E-state index contributed by atoms with van der Waals surface area (Å²) in [5.41, 5.74) is 3.84. The fourth-order valence-corrected chi connectivity index (χ4v) is 1.96. The van der Waals surface area contributed by atoms with Crippen LogP contribution in [-0.2, 0) is 0 Å². The van der Waals surface area contributed by atoms with Crippen LogP contribution in [0.3, 0.4) is 0 Å². The molecule has 1 aromatic carbocycles. The number of benzene rings is 1. The molecule has 1 aromatic heterocycles. The Morgan fingerprint density at radius 1 is 1.20 bits per heavy atom. The van der Waals surface area contributed by atoms with Gasteiger partial charge in [-0.3, -0.25) is 0 Å². The normalized spacial score (nSPS) is 13.6. The van der Waals surface area contributed by atoms with Crippen LogP contribution in [0.2, 0.25) is 0 Å². The average molecular weight is 266 g/mol. The second kappa shape index (κ2) is 5.15. The van der Waals surface area contributed by atoms with Crippen LogP contribution in [0.4, 0.5) is 17.3 Å². The van der Waals surface area contributed by atoms with Gasteiger partial charge in [-0.05, 0) is 25.0 Å². The van der Waals surface area contributed by atoms with Gasteiger partial charge < -0.3 is 10.7 Å². The number of hydrogen-bond acceptors (Lipinski definition) is 6. The highest BCUT2D eigenvalue weighted by atomic mass is 15.3. The van der Waals surface area contributed by atoms with E-state index in [9.17, 15) is 0 Å². The molecular formula is C14H14N6. The molecule has 0 aliphatic heterocycles. The number of nitriles is 1. The lowest BCUT2D eigenvalue weighted by atomic mass is 10.2. The van der Waals surface area contributed by atoms with E-state index >= 15 is 0 Å². The Labute approximate surface area is 116 Å². The number of nitrogen functional groups attached to an aromatic ring is 1. The van der Waals surface area contributed by atoms with E-state index in [1.54, 1.807) is 12.1 Å². The number of rotatable bonds is 4. The summed E-state index contributed by atoms with van der Waals surface area (Å²) < 4.78 is 0. The number of hydrazine groups is 1. The molecule has 0 radical (unpaired) electrons. The van der Waals surface area contributed by atoms with Crippen LogP contribution < -0.4 is 16.6 Å². The minimum Gasteiger partial charge on any atom is -0.339 e. The van der Waals surface area contributed by atoms with Crippen molar-refractivity contribution in [1.82, 2.24) is 9.97 Å². The van der Waals surface area contributed by atoms with E-state index in [1.165, 1.54) is 0 Å². The number of hydrogen-bond donors (Lipinski definition) is 3. The molecule has 4 N–H and O–H groups in total. The maximum Gasteiger partial charge on any atom is 0.145 e. The molecule has 1 saturated carbocycles. The minimum atomic E-state index is 0.426. The number of aromatic nitrogens is 2. The van der Waals surface area contributed by atoms with Crippen LogP contribution in [-0.4, -0.2) is 9.97 Å². The summed E-state index contributed by atoms with van der Waals surface area (Å²) in [4.78, 5) is 8.83. The number of anilines is 3. The zero-order valence-electron chi connectivity index (χ0n) is 10.8. The minimum absolute atomic E-state index is 0.426. The molecule has 3 rings (SSSR count). The van der Waals surface area contributed by atoms with Crippen LogP contribution in [0.25, 0.3) is 0 Å². The third-order valence-corrected chi connectivity index (χ3v) is 3.14. The van der Waals surface area contributed by atoms with Gasteiger partial charge >= 0.3 is 0 Å². The molecular weight excluding hydrogens is 252 g/mol. The van der Waals surface area contributed by atoms with Crippen LogP contribution in [0.5, 0.6) is 0 Å². The van der Waals surface area contributed by atoms with Crippen molar-refractivity contribution in [3.8, 4) is 6.07 Å². The van der Waals surface area contributed by atoms with Gasteiger partial charge in [0, 0.05) is 12.0 Å². The van der Waals surface area contributed by atoms with Crippen molar-refractivity contribution < 1.29 is 0 Å². The molecule has 6 heteroatoms. The van der Waals surface area contributed by atoms with E-state index in [-0.39, 0.29) is 0 Å². The second-order valence-corrected chi connectivity index (χ2v) is 4.70. The number of nitrogens with one attached hydrogen (secondary N) is 2. The van der Waals surface area contributed by atoms with Gasteiger partial charge in [0.05, 0.1) is 11.3 Å². The first-order valence-corrected chi connectivity index (χ1v) is 6.42. The summed E-state index contributed by atoms with van der Waals surface area (Å²) >= 11 is 0. The van der Waals surface area contributed by atoms with E-state index in [4.69, 9.17) is 11.1 Å². The maximum absolute atomic E-state index is 9.09. The van der Waals surface area contributed by atoms with Crippen LogP contribution in [0.1, 0.15) is 30.1 Å². The summed E-state index contributed by atoms with van der Waals surface area (Å²) in [6, 6.07) is 11.2. The van der Waals surface area contributed by atoms with E-state index in [0.717, 1.165) is 24.4 Å². The smallest absolute Gasteiger partial charge is 0.145 e. The standard InChI is InChI=1S/C14H14N6/c15-8-10-3-1-2-4-11(10)17-12-7-13(20-16)19-14(18-12)9-5-6-9/h1-4,7,9H,5-6,16H2,(H2,17,18,19,20). The third kappa shape index (κ3) is 2.53. The van der Waals surface area contributed by atoms with Crippen molar-refractivity contribution >= 4 is 17.3 Å². The highest BCUT2D eigenvalue weighted by Crippen LogP contribution is 2.39. The Morgan fingerprint density at radius 2 is 1.95 bits per heavy atom. The topological polar surface area (TPSA) is 99.7 Å². The van der Waals surface area contributed by atoms with E-state index in [1.807, 2.05) is 18.2 Å². The highest BCUT2D eigenvalue weighted by Gasteiger charge is 2.27. The van der Waals surface area contributed by atoms with Gasteiger partial charge in [-0.2, -0.15) is 5.26 Å². The molecule has 0 saturated heterocycles. The number of nitrogens with zero attached hydrogens (tertiary/aromatic N) is 3. The molecule has 2 aromatic rings. The number of nitrogens with two attached hydrogens (primary N) is 1. The first-order valence-electron chi connectivity index (χ1n) is 6.42. The van der Waals surface area contributed by atoms with Gasteiger partial charge in [0.25, 0.3) is 0 Å². The fraction of sp³-hybridized carbons (Fsp3) is 0.214. The van der Waals surface area contributed by atoms with Gasteiger partial charge in [-0.15, -0.1) is 0 Å². The molecule has 20 heavy (non-hydrogen) atoms. The summed E-state index contributed by atoms with van der Waals surface area (Å²) in [6.45, 7) is 0. The monoisotopic (exact) mass is 266 g/mol. The van der Waals surface area contributed by atoms with E-state index in [0.29, 0.717) is 23.1 Å². The Balaban J connectivity index is 1.93. The first kappa shape index (κ1) is 12.4. The molecule has 1 fully saturated rings. The Kier molecular flexibility index (Phi) is 3.19. The number of para-hydroxylation sites is 1. The van der Waals surface area contributed by atoms with Gasteiger partial charge in [-0.1, -0.05) is 12.1 Å². The summed E-state index contributed by atoms with van der Waals surface area (Å²) in [6.07, 6.45) is 2.23. The summed E-state index contributed by atoms with van der Waals surface area (Å²) in [5.74, 6) is 7.86. The molecule has 0 spiro atoms. The SMILES string of the molecule is N#Cc1ccccc1Nc1cc(NN)nc(C2CC2)n1. The quantitative estimate of drug-likeness (QED) is 0.579. The highest BCUT2D eigenvalue weighted by molar-refractivity contribution is 5.65. The maximum atomic E-state index is 9.09. The predicted molar refractivity (Wildman–Crippen MR) is 76.3 cm³/mol. The largest absolute Gasteiger partial charge is 0.339 e. The molecule has 1 aliphatic rings. The molecule has 0 unspecified atom stereocenters. The predicted octanol–water partition coefficient (Wildman–Crippen LogP) is 2.25. The average Bonchev–Trinajstić information content (AvgIpc) is 3.32. The lowest BCUT2D eigenvalue weighted by molar-refractivity contribution is 0.929. The molecule has 0 bridgehead atoms. The molecule has 0 amide bonds. The van der Waals surface area contributed by atoms with Crippen molar-refractivity contribution in [1.29, 1.82) is 5.26 Å². The van der Waals surface area contributed by atoms with Gasteiger partial charge in [-0.25, -0.2) is 15.8 Å². The Morgan fingerprint density at radius 3 is 2.65 bits per heavy atom. The zero-order valence-corrected chi connectivity index (χ0v) is 10.8. The lowest BCUT2D eigenvalue weighted by Crippen LogP contribution is -2.11. The lowest BCUT2D eigenvalue weighted by Gasteiger charge is -2.10. The van der Waals surface area contributed by atoms with Crippen molar-refractivity contribution in [2.45, 2.75) is 18.8 Å². The van der Waals surface area contributed by atoms with Crippen molar-refractivity contribution in [2.75, 3.05) is 10.7 Å². The van der Waals surface area contributed by atoms with Gasteiger partial charge in [0.15, 0.2) is 0 Å². The molecule has 100 valence electrons. The molecule has 6 nitrogen and oxygen atoms in total. The van der Waals surface area contributed by atoms with Crippen molar-refractivity contribution in [3.05, 3.63) is 41.7 Å². The zero-order chi connectivity index (χ0) is 13.9. The van der Waals surface area contributed by atoms with Crippen LogP contribution >= 0.6 is 0 Å². The molecule has 1 heterocycles. The Hall–Kier alpha value is -2.65. The van der Waals surface area contributed by atoms with E-state index in [2.05, 4.69) is 26.8 Å². The van der Waals surface area contributed by atoms with Crippen LogP contribution in [0, 0.1) is 11.3 Å². The molecule has 0 atom stereocenters.